The van der Waals surface area contributed by atoms with Gasteiger partial charge in [-0.1, -0.05) is 103 Å². The first-order valence-electron chi connectivity index (χ1n) is 15.0. The van der Waals surface area contributed by atoms with Crippen LogP contribution in [0.2, 0.25) is 0 Å². The predicted molar refractivity (Wildman–Crippen MR) is 169 cm³/mol. The van der Waals surface area contributed by atoms with Gasteiger partial charge in [0.25, 0.3) is 5.91 Å². The molecule has 2 aliphatic heterocycles. The number of esters is 1. The van der Waals surface area contributed by atoms with Crippen LogP contribution in [0, 0.1) is 0 Å². The first kappa shape index (κ1) is 30.8. The minimum Gasteiger partial charge on any atom is -0.458 e. The molecule has 0 aliphatic carbocycles. The van der Waals surface area contributed by atoms with E-state index in [9.17, 15) is 9.59 Å². The largest absolute Gasteiger partial charge is 0.458 e. The van der Waals surface area contributed by atoms with E-state index in [4.69, 9.17) is 9.47 Å². The van der Waals surface area contributed by atoms with Gasteiger partial charge >= 0.3 is 12.1 Å². The number of ether oxygens (including phenoxy) is 2. The number of benzene rings is 3. The fraction of sp³-hybridized carbons (Fsp3) is 0.324. The third-order valence-corrected chi connectivity index (χ3v) is 8.42. The summed E-state index contributed by atoms with van der Waals surface area (Å²) in [5.74, 6) is -0.895. The van der Waals surface area contributed by atoms with E-state index in [0.717, 1.165) is 16.7 Å². The molecule has 2 aliphatic rings. The lowest BCUT2D eigenvalue weighted by atomic mass is 9.66. The molecule has 0 bridgehead atoms. The maximum Gasteiger partial charge on any atom is 0.411 e. The van der Waals surface area contributed by atoms with Crippen molar-refractivity contribution in [2.75, 3.05) is 6.61 Å². The van der Waals surface area contributed by atoms with Crippen molar-refractivity contribution in [1.82, 2.24) is 9.80 Å². The lowest BCUT2D eigenvalue weighted by Gasteiger charge is -2.64. The van der Waals surface area contributed by atoms with Gasteiger partial charge in [-0.3, -0.25) is 9.69 Å². The highest BCUT2D eigenvalue weighted by molar-refractivity contribution is 6.02. The molecule has 4 atom stereocenters. The number of rotatable bonds is 11. The summed E-state index contributed by atoms with van der Waals surface area (Å²) in [6.07, 6.45) is 3.24. The van der Waals surface area contributed by atoms with E-state index in [1.807, 2.05) is 112 Å². The second kappa shape index (κ2) is 12.2. The lowest BCUT2D eigenvalue weighted by Crippen LogP contribution is -2.81. The molecular weight excluding hydrogens is 552 g/mol. The topological polar surface area (TPSA) is 76.2 Å². The zero-order chi connectivity index (χ0) is 31.5. The van der Waals surface area contributed by atoms with Crippen molar-refractivity contribution in [1.29, 1.82) is 0 Å². The smallest absolute Gasteiger partial charge is 0.411 e. The molecule has 0 N–H and O–H groups in total. The molecule has 0 saturated carbocycles. The fourth-order valence-electron chi connectivity index (χ4n) is 6.68. The Hall–Kier alpha value is -4.65. The first-order chi connectivity index (χ1) is 21.1. The number of likely N-dealkylation sites (tertiary alicyclic amines) is 1. The normalized spacial score (nSPS) is 22.9. The van der Waals surface area contributed by atoms with E-state index in [1.165, 1.54) is 0 Å². The van der Waals surface area contributed by atoms with Crippen LogP contribution in [0.25, 0.3) is 0 Å². The molecule has 2 fully saturated rings. The molecule has 44 heavy (non-hydrogen) atoms. The summed E-state index contributed by atoms with van der Waals surface area (Å²) in [4.78, 5) is 46.5. The summed E-state index contributed by atoms with van der Waals surface area (Å²) in [6, 6.07) is 27.5. The summed E-state index contributed by atoms with van der Waals surface area (Å²) < 4.78 is 11.7. The Bertz CT molecular complexity index is 1520. The molecule has 0 spiro atoms. The van der Waals surface area contributed by atoms with Crippen molar-refractivity contribution >= 4 is 18.0 Å². The number of hydrogen-bond donors (Lipinski definition) is 0. The highest BCUT2D eigenvalue weighted by Crippen LogP contribution is 2.57. The van der Waals surface area contributed by atoms with Crippen molar-refractivity contribution in [3.05, 3.63) is 133 Å². The summed E-state index contributed by atoms with van der Waals surface area (Å²) in [7, 11) is 0. The van der Waals surface area contributed by atoms with Gasteiger partial charge in [0, 0.05) is 6.42 Å². The minimum atomic E-state index is -1.45. The molecule has 0 aromatic heterocycles. The molecule has 2 saturated heterocycles. The summed E-state index contributed by atoms with van der Waals surface area (Å²) in [6.45, 7) is 13.5. The molecule has 2 heterocycles. The molecule has 2 amide bonds. The van der Waals surface area contributed by atoms with Crippen LogP contribution in [-0.2, 0) is 25.5 Å². The van der Waals surface area contributed by atoms with E-state index in [1.54, 1.807) is 22.0 Å². The van der Waals surface area contributed by atoms with Crippen molar-refractivity contribution in [3.63, 3.8) is 0 Å². The SMILES string of the molecule is C=CC[C@](Cc1ccccc1)(C(=O)OC(C)(C)C)N1C(=O)[C@](CC=C)(N2C(=O)OC[C@@H]2c2ccccc2)[C@H]1c1ccccc1. The van der Waals surface area contributed by atoms with Gasteiger partial charge in [0.2, 0.25) is 0 Å². The van der Waals surface area contributed by atoms with Gasteiger partial charge < -0.3 is 14.4 Å². The van der Waals surface area contributed by atoms with Gasteiger partial charge in [0.1, 0.15) is 17.7 Å². The highest BCUT2D eigenvalue weighted by atomic mass is 16.6. The quantitative estimate of drug-likeness (QED) is 0.136. The Morgan fingerprint density at radius 3 is 2.02 bits per heavy atom. The molecule has 3 aromatic carbocycles. The van der Waals surface area contributed by atoms with E-state index in [2.05, 4.69) is 13.2 Å². The number of carbonyl (C=O) groups is 3. The Kier molecular flexibility index (Phi) is 8.51. The number of amides is 2. The molecule has 0 radical (unpaired) electrons. The zero-order valence-electron chi connectivity index (χ0n) is 25.6. The molecular formula is C37H40N2O5. The van der Waals surface area contributed by atoms with Crippen molar-refractivity contribution in [2.45, 2.75) is 68.8 Å². The van der Waals surface area contributed by atoms with Crippen LogP contribution in [0.15, 0.2) is 116 Å². The number of nitrogens with zero attached hydrogens (tertiary/aromatic N) is 2. The molecule has 5 rings (SSSR count). The van der Waals surface area contributed by atoms with Crippen molar-refractivity contribution in [2.24, 2.45) is 0 Å². The van der Waals surface area contributed by atoms with Gasteiger partial charge in [-0.2, -0.15) is 0 Å². The maximum atomic E-state index is 15.1. The zero-order valence-corrected chi connectivity index (χ0v) is 25.6. The minimum absolute atomic E-state index is 0.102. The van der Waals surface area contributed by atoms with E-state index >= 15 is 4.79 Å². The summed E-state index contributed by atoms with van der Waals surface area (Å²) >= 11 is 0. The van der Waals surface area contributed by atoms with Gasteiger partial charge in [-0.25, -0.2) is 9.59 Å². The molecule has 3 aromatic rings. The summed E-state index contributed by atoms with van der Waals surface area (Å²) in [5, 5.41) is 0. The molecule has 0 unspecified atom stereocenters. The Labute approximate surface area is 259 Å². The number of cyclic esters (lactones) is 1. The van der Waals surface area contributed by atoms with Crippen molar-refractivity contribution in [3.8, 4) is 0 Å². The Balaban J connectivity index is 1.74. The Morgan fingerprint density at radius 1 is 0.909 bits per heavy atom. The van der Waals surface area contributed by atoms with Crippen LogP contribution in [0.3, 0.4) is 0 Å². The third-order valence-electron chi connectivity index (χ3n) is 8.42. The Morgan fingerprint density at radius 2 is 1.48 bits per heavy atom. The number of β-lactam (4-membered cyclic amide) rings is 1. The fourth-order valence-corrected chi connectivity index (χ4v) is 6.68. The molecule has 7 heteroatoms. The predicted octanol–water partition coefficient (Wildman–Crippen LogP) is 6.98. The second-order valence-electron chi connectivity index (χ2n) is 12.5. The van der Waals surface area contributed by atoms with Crippen molar-refractivity contribution < 1.29 is 23.9 Å². The number of hydrogen-bond acceptors (Lipinski definition) is 5. The van der Waals surface area contributed by atoms with E-state index in [-0.39, 0.29) is 31.8 Å². The second-order valence-corrected chi connectivity index (χ2v) is 12.5. The monoisotopic (exact) mass is 592 g/mol. The highest BCUT2D eigenvalue weighted by Gasteiger charge is 2.72. The van der Waals surface area contributed by atoms with Crippen LogP contribution in [0.4, 0.5) is 4.79 Å². The summed E-state index contributed by atoms with van der Waals surface area (Å²) in [5.41, 5.74) is -1.17. The first-order valence-corrected chi connectivity index (χ1v) is 15.0. The average Bonchev–Trinajstić information content (AvgIpc) is 3.40. The van der Waals surface area contributed by atoms with Gasteiger partial charge in [-0.15, -0.1) is 13.2 Å². The lowest BCUT2D eigenvalue weighted by molar-refractivity contribution is -0.205. The molecule has 228 valence electrons. The van der Waals surface area contributed by atoms with Crippen LogP contribution in [-0.4, -0.2) is 51.1 Å². The van der Waals surface area contributed by atoms with Crippen LogP contribution >= 0.6 is 0 Å². The van der Waals surface area contributed by atoms with E-state index in [0.29, 0.717) is 0 Å². The standard InChI is InChI=1S/C37H40N2O5/c1-6-23-36(33(41)44-35(3,4)5,25-27-17-11-8-12-18-27)39-31(29-21-15-10-16-22-29)37(24-7-2,32(39)40)38-30(26-43-34(38)42)28-19-13-9-14-20-28/h6-22,30-31H,1-2,23-26H2,3-5H3/t30-,31-,36+,37-/m1/s1. The van der Waals surface area contributed by atoms with Gasteiger partial charge in [0.15, 0.2) is 5.54 Å². The van der Waals surface area contributed by atoms with Crippen LogP contribution in [0.1, 0.15) is 62.4 Å². The van der Waals surface area contributed by atoms with Gasteiger partial charge in [-0.05, 0) is 50.3 Å². The maximum absolute atomic E-state index is 15.1. The average molecular weight is 593 g/mol. The van der Waals surface area contributed by atoms with Gasteiger partial charge in [0.05, 0.1) is 12.1 Å². The number of carbonyl (C=O) groups excluding carboxylic acids is 3. The molecule has 7 nitrogen and oxygen atoms in total. The van der Waals surface area contributed by atoms with Crippen LogP contribution in [0.5, 0.6) is 0 Å². The van der Waals surface area contributed by atoms with E-state index < -0.39 is 40.8 Å². The van der Waals surface area contributed by atoms with Crippen LogP contribution < -0.4 is 0 Å². The third kappa shape index (κ3) is 5.32.